The third-order valence-electron chi connectivity index (χ3n) is 8.45. The van der Waals surface area contributed by atoms with E-state index in [1.165, 1.54) is 75.5 Å². The van der Waals surface area contributed by atoms with E-state index in [-0.39, 0.29) is 5.41 Å². The molecule has 8 rings (SSSR count). The third kappa shape index (κ3) is 3.09. The van der Waals surface area contributed by atoms with Crippen LogP contribution in [0.5, 0.6) is 0 Å². The quantitative estimate of drug-likeness (QED) is 0.220. The molecule has 6 aromatic carbocycles. The summed E-state index contributed by atoms with van der Waals surface area (Å²) in [5.41, 5.74) is 10.6. The first-order valence-electron chi connectivity index (χ1n) is 13.3. The molecule has 1 aliphatic carbocycles. The van der Waals surface area contributed by atoms with Gasteiger partial charge in [-0.1, -0.05) is 105 Å². The Morgan fingerprint density at radius 1 is 0.474 bits per heavy atom. The van der Waals surface area contributed by atoms with Gasteiger partial charge in [0.25, 0.3) is 0 Å². The largest absolute Gasteiger partial charge is 0.135 e. The Labute approximate surface area is 226 Å². The van der Waals surface area contributed by atoms with Gasteiger partial charge in [0.2, 0.25) is 0 Å². The lowest BCUT2D eigenvalue weighted by Crippen LogP contribution is -2.15. The van der Waals surface area contributed by atoms with E-state index in [0.717, 1.165) is 0 Å². The van der Waals surface area contributed by atoms with Crippen molar-refractivity contribution in [2.75, 3.05) is 0 Å². The van der Waals surface area contributed by atoms with Crippen molar-refractivity contribution in [1.82, 2.24) is 0 Å². The van der Waals surface area contributed by atoms with Gasteiger partial charge in [-0.05, 0) is 85.6 Å². The molecule has 1 heterocycles. The first kappa shape index (κ1) is 21.8. The molecule has 0 nitrogen and oxygen atoms in total. The predicted molar refractivity (Wildman–Crippen MR) is 165 cm³/mol. The van der Waals surface area contributed by atoms with Gasteiger partial charge in [-0.2, -0.15) is 0 Å². The molecule has 0 aliphatic heterocycles. The molecule has 1 aromatic heterocycles. The molecule has 0 spiro atoms. The van der Waals surface area contributed by atoms with Crippen LogP contribution in [0.1, 0.15) is 25.0 Å². The SMILES string of the molecule is CC1(C)c2cc(-c3ccccc3)ccc2-c2ccc3cc(-c4ccc5sc6ccccc6c5c4)ccc3c21. The van der Waals surface area contributed by atoms with Crippen LogP contribution in [-0.4, -0.2) is 0 Å². The normalized spacial score (nSPS) is 13.7. The average molecular weight is 503 g/mol. The first-order chi connectivity index (χ1) is 18.6. The number of hydrogen-bond acceptors (Lipinski definition) is 1. The molecule has 0 N–H and O–H groups in total. The lowest BCUT2D eigenvalue weighted by molar-refractivity contribution is 0.666. The number of thiophene rings is 1. The predicted octanol–water partition coefficient (Wildman–Crippen LogP) is 10.8. The van der Waals surface area contributed by atoms with Crippen molar-refractivity contribution in [3.05, 3.63) is 132 Å². The summed E-state index contributed by atoms with van der Waals surface area (Å²) in [6.07, 6.45) is 0. The monoisotopic (exact) mass is 502 g/mol. The van der Waals surface area contributed by atoms with Crippen LogP contribution >= 0.6 is 11.3 Å². The molecule has 0 bridgehead atoms. The lowest BCUT2D eigenvalue weighted by atomic mass is 9.79. The minimum absolute atomic E-state index is 0.0645. The van der Waals surface area contributed by atoms with Crippen molar-refractivity contribution < 1.29 is 0 Å². The zero-order chi connectivity index (χ0) is 25.4. The summed E-state index contributed by atoms with van der Waals surface area (Å²) in [6, 6.07) is 45.1. The second-order valence-electron chi connectivity index (χ2n) is 11.0. The molecule has 0 unspecified atom stereocenters. The summed E-state index contributed by atoms with van der Waals surface area (Å²) in [5, 5.41) is 5.36. The van der Waals surface area contributed by atoms with Crippen LogP contribution in [0.15, 0.2) is 121 Å². The van der Waals surface area contributed by atoms with Gasteiger partial charge in [0.1, 0.15) is 0 Å². The van der Waals surface area contributed by atoms with Gasteiger partial charge in [0, 0.05) is 25.6 Å². The summed E-state index contributed by atoms with van der Waals surface area (Å²) in [7, 11) is 0. The van der Waals surface area contributed by atoms with Gasteiger partial charge >= 0.3 is 0 Å². The van der Waals surface area contributed by atoms with Gasteiger partial charge in [0.05, 0.1) is 0 Å². The van der Waals surface area contributed by atoms with Crippen molar-refractivity contribution in [2.24, 2.45) is 0 Å². The molecular weight excluding hydrogens is 476 g/mol. The fourth-order valence-electron chi connectivity index (χ4n) is 6.55. The molecule has 38 heavy (non-hydrogen) atoms. The Morgan fingerprint density at radius 2 is 1.16 bits per heavy atom. The summed E-state index contributed by atoms with van der Waals surface area (Å²) in [6.45, 7) is 4.77. The summed E-state index contributed by atoms with van der Waals surface area (Å²) in [5.74, 6) is 0. The maximum atomic E-state index is 2.41. The number of benzene rings is 6. The van der Waals surface area contributed by atoms with Gasteiger partial charge in [-0.15, -0.1) is 11.3 Å². The Kier molecular flexibility index (Phi) is 4.54. The molecule has 180 valence electrons. The minimum atomic E-state index is -0.0645. The Morgan fingerprint density at radius 3 is 2.05 bits per heavy atom. The maximum absolute atomic E-state index is 2.41. The Bertz CT molecular complexity index is 2040. The smallest absolute Gasteiger partial charge is 0.0355 e. The summed E-state index contributed by atoms with van der Waals surface area (Å²) >= 11 is 1.87. The lowest BCUT2D eigenvalue weighted by Gasteiger charge is -2.24. The van der Waals surface area contributed by atoms with Crippen molar-refractivity contribution in [3.63, 3.8) is 0 Å². The topological polar surface area (TPSA) is 0 Å². The molecule has 0 saturated carbocycles. The Hall–Kier alpha value is -4.20. The number of fused-ring (bicyclic) bond motifs is 8. The zero-order valence-electron chi connectivity index (χ0n) is 21.5. The second kappa shape index (κ2) is 7.90. The highest BCUT2D eigenvalue weighted by molar-refractivity contribution is 7.25. The van der Waals surface area contributed by atoms with E-state index in [1.807, 2.05) is 11.3 Å². The average Bonchev–Trinajstić information content (AvgIpc) is 3.45. The summed E-state index contributed by atoms with van der Waals surface area (Å²) in [4.78, 5) is 0. The van der Waals surface area contributed by atoms with Crippen LogP contribution in [0.3, 0.4) is 0 Å². The maximum Gasteiger partial charge on any atom is 0.0355 e. The van der Waals surface area contributed by atoms with E-state index in [1.54, 1.807) is 0 Å². The van der Waals surface area contributed by atoms with E-state index in [0.29, 0.717) is 0 Å². The molecule has 1 aliphatic rings. The molecule has 1 heteroatoms. The fraction of sp³-hybridized carbons (Fsp3) is 0.0811. The molecular formula is C37H26S. The van der Waals surface area contributed by atoms with Gasteiger partial charge < -0.3 is 0 Å². The van der Waals surface area contributed by atoms with Crippen molar-refractivity contribution >= 4 is 42.3 Å². The third-order valence-corrected chi connectivity index (χ3v) is 9.60. The van der Waals surface area contributed by atoms with Gasteiger partial charge in [-0.25, -0.2) is 0 Å². The van der Waals surface area contributed by atoms with Gasteiger partial charge in [0.15, 0.2) is 0 Å². The van der Waals surface area contributed by atoms with Crippen LogP contribution in [0.25, 0.3) is 64.3 Å². The standard InChI is InChI=1S/C37H26S/c1-37(2)33-22-26(23-8-4-3-5-9-23)13-17-29(33)31-18-14-27-20-24(12-16-28(27)36(31)37)25-15-19-35-32(21-25)30-10-6-7-11-34(30)38-35/h3-22H,1-2H3. The molecule has 7 aromatic rings. The molecule has 0 atom stereocenters. The van der Waals surface area contributed by atoms with E-state index in [9.17, 15) is 0 Å². The van der Waals surface area contributed by atoms with Crippen LogP contribution in [0.2, 0.25) is 0 Å². The van der Waals surface area contributed by atoms with Gasteiger partial charge in [-0.3, -0.25) is 0 Å². The molecule has 0 saturated heterocycles. The van der Waals surface area contributed by atoms with Crippen LogP contribution in [0.4, 0.5) is 0 Å². The van der Waals surface area contributed by atoms with E-state index in [2.05, 4.69) is 135 Å². The second-order valence-corrected chi connectivity index (χ2v) is 12.1. The van der Waals surface area contributed by atoms with Crippen LogP contribution < -0.4 is 0 Å². The fourth-order valence-corrected chi connectivity index (χ4v) is 7.64. The zero-order valence-corrected chi connectivity index (χ0v) is 22.3. The minimum Gasteiger partial charge on any atom is -0.135 e. The highest BCUT2D eigenvalue weighted by Gasteiger charge is 2.37. The van der Waals surface area contributed by atoms with Crippen molar-refractivity contribution in [1.29, 1.82) is 0 Å². The highest BCUT2D eigenvalue weighted by Crippen LogP contribution is 2.52. The van der Waals surface area contributed by atoms with E-state index < -0.39 is 0 Å². The van der Waals surface area contributed by atoms with Crippen molar-refractivity contribution in [2.45, 2.75) is 19.3 Å². The molecule has 0 amide bonds. The van der Waals surface area contributed by atoms with Crippen molar-refractivity contribution in [3.8, 4) is 33.4 Å². The molecule has 0 radical (unpaired) electrons. The van der Waals surface area contributed by atoms with Crippen LogP contribution in [0, 0.1) is 0 Å². The first-order valence-corrected chi connectivity index (χ1v) is 14.1. The summed E-state index contributed by atoms with van der Waals surface area (Å²) < 4.78 is 2.70. The van der Waals surface area contributed by atoms with Crippen LogP contribution in [-0.2, 0) is 5.41 Å². The van der Waals surface area contributed by atoms with E-state index in [4.69, 9.17) is 0 Å². The molecule has 0 fully saturated rings. The number of hydrogen-bond donors (Lipinski definition) is 0. The number of rotatable bonds is 2. The van der Waals surface area contributed by atoms with E-state index >= 15 is 0 Å². The Balaban J connectivity index is 1.26. The highest BCUT2D eigenvalue weighted by atomic mass is 32.1.